The zero-order valence-corrected chi connectivity index (χ0v) is 8.47. The molecule has 0 aliphatic heterocycles. The SMILES string of the molecule is COc1cc(C=NNCCO)ccc1O. The third-order valence-corrected chi connectivity index (χ3v) is 1.73. The number of nitrogens with zero attached hydrogens (tertiary/aromatic N) is 1. The summed E-state index contributed by atoms with van der Waals surface area (Å²) in [6.07, 6.45) is 1.58. The topological polar surface area (TPSA) is 74.1 Å². The van der Waals surface area contributed by atoms with Crippen LogP contribution in [0.25, 0.3) is 0 Å². The fourth-order valence-electron chi connectivity index (χ4n) is 1.01. The number of aliphatic hydroxyl groups is 1. The fraction of sp³-hybridized carbons (Fsp3) is 0.300. The molecule has 0 spiro atoms. The molecule has 0 radical (unpaired) electrons. The summed E-state index contributed by atoms with van der Waals surface area (Å²) in [6, 6.07) is 4.91. The van der Waals surface area contributed by atoms with Crippen LogP contribution < -0.4 is 10.2 Å². The molecule has 0 saturated carbocycles. The van der Waals surface area contributed by atoms with Crippen molar-refractivity contribution in [3.05, 3.63) is 23.8 Å². The molecule has 82 valence electrons. The smallest absolute Gasteiger partial charge is 0.161 e. The molecule has 0 amide bonds. The van der Waals surface area contributed by atoms with E-state index in [9.17, 15) is 5.11 Å². The Bertz CT molecular complexity index is 339. The fourth-order valence-corrected chi connectivity index (χ4v) is 1.01. The molecule has 0 atom stereocenters. The summed E-state index contributed by atoms with van der Waals surface area (Å²) in [4.78, 5) is 0. The van der Waals surface area contributed by atoms with Gasteiger partial charge in [-0.25, -0.2) is 0 Å². The third-order valence-electron chi connectivity index (χ3n) is 1.73. The number of methoxy groups -OCH3 is 1. The van der Waals surface area contributed by atoms with E-state index in [-0.39, 0.29) is 12.4 Å². The number of aliphatic hydroxyl groups excluding tert-OH is 1. The van der Waals surface area contributed by atoms with Gasteiger partial charge in [-0.1, -0.05) is 0 Å². The number of phenols is 1. The van der Waals surface area contributed by atoms with Crippen molar-refractivity contribution < 1.29 is 14.9 Å². The molecular formula is C10H14N2O3. The zero-order valence-electron chi connectivity index (χ0n) is 8.47. The molecule has 0 heterocycles. The predicted octanol–water partition coefficient (Wildman–Crippen LogP) is 0.317. The summed E-state index contributed by atoms with van der Waals surface area (Å²) in [5, 5.41) is 21.7. The van der Waals surface area contributed by atoms with Crippen LogP contribution in [0.2, 0.25) is 0 Å². The highest BCUT2D eigenvalue weighted by Crippen LogP contribution is 2.25. The summed E-state index contributed by atoms with van der Waals surface area (Å²) < 4.78 is 4.94. The number of rotatable bonds is 5. The summed E-state index contributed by atoms with van der Waals surface area (Å²) in [5.74, 6) is 0.499. The molecule has 3 N–H and O–H groups in total. The van der Waals surface area contributed by atoms with Gasteiger partial charge in [0.15, 0.2) is 11.5 Å². The van der Waals surface area contributed by atoms with Gasteiger partial charge in [-0.2, -0.15) is 5.10 Å². The maximum atomic E-state index is 9.33. The third kappa shape index (κ3) is 3.47. The summed E-state index contributed by atoms with van der Waals surface area (Å²) >= 11 is 0. The molecule has 0 unspecified atom stereocenters. The normalized spacial score (nSPS) is 10.5. The zero-order chi connectivity index (χ0) is 11.1. The van der Waals surface area contributed by atoms with E-state index in [4.69, 9.17) is 9.84 Å². The average Bonchev–Trinajstić information content (AvgIpc) is 2.26. The Kier molecular flexibility index (Phi) is 4.43. The molecule has 1 aromatic rings. The summed E-state index contributed by atoms with van der Waals surface area (Å²) in [5.41, 5.74) is 3.45. The first-order valence-corrected chi connectivity index (χ1v) is 4.51. The van der Waals surface area contributed by atoms with Crippen molar-refractivity contribution in [1.82, 2.24) is 5.43 Å². The van der Waals surface area contributed by atoms with Crippen molar-refractivity contribution in [2.45, 2.75) is 0 Å². The Balaban J connectivity index is 2.65. The predicted molar refractivity (Wildman–Crippen MR) is 57.3 cm³/mol. The molecule has 1 rings (SSSR count). The van der Waals surface area contributed by atoms with Crippen LogP contribution in [-0.4, -0.2) is 36.7 Å². The highest BCUT2D eigenvalue weighted by atomic mass is 16.5. The maximum Gasteiger partial charge on any atom is 0.161 e. The first kappa shape index (κ1) is 11.3. The Morgan fingerprint density at radius 1 is 1.53 bits per heavy atom. The van der Waals surface area contributed by atoms with E-state index in [2.05, 4.69) is 10.5 Å². The number of hydrogen-bond donors (Lipinski definition) is 3. The maximum absolute atomic E-state index is 9.33. The second-order valence-electron chi connectivity index (χ2n) is 2.82. The number of benzene rings is 1. The first-order valence-electron chi connectivity index (χ1n) is 4.51. The minimum Gasteiger partial charge on any atom is -0.504 e. The first-order chi connectivity index (χ1) is 7.27. The van der Waals surface area contributed by atoms with Gasteiger partial charge in [0.1, 0.15) is 0 Å². The van der Waals surface area contributed by atoms with E-state index in [0.717, 1.165) is 5.56 Å². The highest BCUT2D eigenvalue weighted by molar-refractivity contribution is 5.80. The van der Waals surface area contributed by atoms with Gasteiger partial charge in [0.2, 0.25) is 0 Å². The van der Waals surface area contributed by atoms with Crippen LogP contribution >= 0.6 is 0 Å². The average molecular weight is 210 g/mol. The van der Waals surface area contributed by atoms with E-state index in [1.54, 1.807) is 18.3 Å². The van der Waals surface area contributed by atoms with Crippen molar-refractivity contribution >= 4 is 6.21 Å². The van der Waals surface area contributed by atoms with Gasteiger partial charge < -0.3 is 20.4 Å². The lowest BCUT2D eigenvalue weighted by Crippen LogP contribution is -2.11. The standard InChI is InChI=1S/C10H14N2O3/c1-15-10-6-8(2-3-9(10)14)7-12-11-4-5-13/h2-3,6-7,11,13-14H,4-5H2,1H3. The van der Waals surface area contributed by atoms with Gasteiger partial charge in [-0.3, -0.25) is 0 Å². The molecule has 0 bridgehead atoms. The lowest BCUT2D eigenvalue weighted by molar-refractivity contribution is 0.294. The van der Waals surface area contributed by atoms with Crippen LogP contribution in [0, 0.1) is 0 Å². The Morgan fingerprint density at radius 2 is 2.33 bits per heavy atom. The van der Waals surface area contributed by atoms with Gasteiger partial charge >= 0.3 is 0 Å². The number of aromatic hydroxyl groups is 1. The monoisotopic (exact) mass is 210 g/mol. The molecule has 0 aliphatic rings. The van der Waals surface area contributed by atoms with E-state index in [1.807, 2.05) is 0 Å². The van der Waals surface area contributed by atoms with Crippen LogP contribution in [-0.2, 0) is 0 Å². The van der Waals surface area contributed by atoms with Crippen LogP contribution in [0.4, 0.5) is 0 Å². The largest absolute Gasteiger partial charge is 0.504 e. The van der Waals surface area contributed by atoms with E-state index < -0.39 is 0 Å². The highest BCUT2D eigenvalue weighted by Gasteiger charge is 2.00. The molecule has 0 aromatic heterocycles. The van der Waals surface area contributed by atoms with Gasteiger partial charge in [-0.05, 0) is 23.8 Å². The lowest BCUT2D eigenvalue weighted by Gasteiger charge is -2.03. The second kappa shape index (κ2) is 5.87. The number of hydrazone groups is 1. The minimum atomic E-state index is 0.0379. The Morgan fingerprint density at radius 3 is 3.00 bits per heavy atom. The van der Waals surface area contributed by atoms with Crippen molar-refractivity contribution in [1.29, 1.82) is 0 Å². The number of nitrogens with one attached hydrogen (secondary N) is 1. The van der Waals surface area contributed by atoms with Crippen molar-refractivity contribution in [2.24, 2.45) is 5.10 Å². The second-order valence-corrected chi connectivity index (χ2v) is 2.82. The van der Waals surface area contributed by atoms with Gasteiger partial charge in [-0.15, -0.1) is 0 Å². The van der Waals surface area contributed by atoms with Crippen molar-refractivity contribution in [3.8, 4) is 11.5 Å². The molecule has 5 nitrogen and oxygen atoms in total. The van der Waals surface area contributed by atoms with Crippen molar-refractivity contribution in [2.75, 3.05) is 20.3 Å². The molecule has 15 heavy (non-hydrogen) atoms. The van der Waals surface area contributed by atoms with E-state index in [1.165, 1.54) is 13.2 Å². The van der Waals surface area contributed by atoms with Crippen LogP contribution in [0.1, 0.15) is 5.56 Å². The van der Waals surface area contributed by atoms with Gasteiger partial charge in [0.25, 0.3) is 0 Å². The summed E-state index contributed by atoms with van der Waals surface area (Å²) in [7, 11) is 1.49. The molecule has 0 aliphatic carbocycles. The molecular weight excluding hydrogens is 196 g/mol. The number of hydrogen-bond acceptors (Lipinski definition) is 5. The minimum absolute atomic E-state index is 0.0379. The molecule has 0 fully saturated rings. The number of ether oxygens (including phenoxy) is 1. The van der Waals surface area contributed by atoms with E-state index in [0.29, 0.717) is 12.3 Å². The molecule has 1 aromatic carbocycles. The molecule has 5 heteroatoms. The quantitative estimate of drug-likeness (QED) is 0.371. The number of phenolic OH excluding ortho intramolecular Hbond substituents is 1. The van der Waals surface area contributed by atoms with Crippen LogP contribution in [0.15, 0.2) is 23.3 Å². The summed E-state index contributed by atoms with van der Waals surface area (Å²) in [6.45, 7) is 0.446. The Labute approximate surface area is 88.0 Å². The van der Waals surface area contributed by atoms with Crippen molar-refractivity contribution in [3.63, 3.8) is 0 Å². The lowest BCUT2D eigenvalue weighted by atomic mass is 10.2. The Hall–Kier alpha value is -1.75. The molecule has 0 saturated heterocycles. The van der Waals surface area contributed by atoms with Crippen LogP contribution in [0.3, 0.4) is 0 Å². The van der Waals surface area contributed by atoms with Gasteiger partial charge in [0.05, 0.1) is 26.5 Å². The van der Waals surface area contributed by atoms with Crippen LogP contribution in [0.5, 0.6) is 11.5 Å². The van der Waals surface area contributed by atoms with E-state index >= 15 is 0 Å². The van der Waals surface area contributed by atoms with Gasteiger partial charge in [0, 0.05) is 0 Å².